The summed E-state index contributed by atoms with van der Waals surface area (Å²) in [6.45, 7) is 4.06. The summed E-state index contributed by atoms with van der Waals surface area (Å²) in [5.41, 5.74) is 2.81. The van der Waals surface area contributed by atoms with E-state index in [1.807, 2.05) is 49.4 Å². The van der Waals surface area contributed by atoms with Gasteiger partial charge in [0.05, 0.1) is 35.0 Å². The summed E-state index contributed by atoms with van der Waals surface area (Å²) in [6, 6.07) is 12.9. The molecule has 1 aromatic heterocycles. The van der Waals surface area contributed by atoms with Gasteiger partial charge in [-0.15, -0.1) is 11.3 Å². The molecule has 0 aliphatic heterocycles. The number of nitrogens with one attached hydrogen (secondary N) is 1. The summed E-state index contributed by atoms with van der Waals surface area (Å²) in [7, 11) is 0. The summed E-state index contributed by atoms with van der Waals surface area (Å²) in [5, 5.41) is 3.59. The quantitative estimate of drug-likeness (QED) is 0.380. The summed E-state index contributed by atoms with van der Waals surface area (Å²) in [6.07, 6.45) is 0.0902. The molecule has 0 saturated heterocycles. The molecule has 1 amide bonds. The molecule has 1 atom stereocenters. The second kappa shape index (κ2) is 10.1. The molecule has 1 N–H and O–H groups in total. The fourth-order valence-corrected chi connectivity index (χ4v) is 4.77. The van der Waals surface area contributed by atoms with E-state index in [0.29, 0.717) is 11.6 Å². The first kappa shape index (κ1) is 21.6. The van der Waals surface area contributed by atoms with Crippen LogP contribution in [-0.2, 0) is 14.3 Å². The summed E-state index contributed by atoms with van der Waals surface area (Å²) in [4.78, 5) is 29.0. The highest BCUT2D eigenvalue weighted by Crippen LogP contribution is 2.31. The number of amides is 1. The lowest BCUT2D eigenvalue weighted by molar-refractivity contribution is -0.143. The van der Waals surface area contributed by atoms with E-state index in [-0.39, 0.29) is 24.1 Å². The second-order valence-corrected chi connectivity index (χ2v) is 9.11. The average Bonchev–Trinajstić information content (AvgIpc) is 3.08. The first-order chi connectivity index (χ1) is 13.9. The fourth-order valence-electron chi connectivity index (χ4n) is 2.74. The Hall–Kier alpha value is -2.09. The van der Waals surface area contributed by atoms with Crippen molar-refractivity contribution < 1.29 is 14.3 Å². The number of nitrogens with zero attached hydrogens (tertiary/aromatic N) is 1. The molecule has 0 saturated carbocycles. The van der Waals surface area contributed by atoms with Crippen LogP contribution in [0.5, 0.6) is 0 Å². The van der Waals surface area contributed by atoms with E-state index in [4.69, 9.17) is 16.3 Å². The predicted molar refractivity (Wildman–Crippen MR) is 119 cm³/mol. The fraction of sp³-hybridized carbons (Fsp3) is 0.286. The van der Waals surface area contributed by atoms with Crippen LogP contribution in [0.1, 0.15) is 30.5 Å². The average molecular weight is 449 g/mol. The predicted octanol–water partition coefficient (Wildman–Crippen LogP) is 5.16. The van der Waals surface area contributed by atoms with Gasteiger partial charge in [-0.2, -0.15) is 0 Å². The van der Waals surface area contributed by atoms with E-state index in [9.17, 15) is 9.59 Å². The molecule has 0 aliphatic rings. The maximum atomic E-state index is 12.5. The highest BCUT2D eigenvalue weighted by molar-refractivity contribution is 8.01. The lowest BCUT2D eigenvalue weighted by Gasteiger charge is -2.18. The summed E-state index contributed by atoms with van der Waals surface area (Å²) >= 11 is 8.89. The monoisotopic (exact) mass is 448 g/mol. The Bertz CT molecular complexity index is 1000. The van der Waals surface area contributed by atoms with Gasteiger partial charge in [0.25, 0.3) is 0 Å². The van der Waals surface area contributed by atoms with Crippen LogP contribution in [0.2, 0.25) is 5.02 Å². The minimum atomic E-state index is -0.433. The largest absolute Gasteiger partial charge is 0.466 e. The Labute approximate surface area is 182 Å². The van der Waals surface area contributed by atoms with Gasteiger partial charge in [-0.3, -0.25) is 9.59 Å². The zero-order valence-electron chi connectivity index (χ0n) is 16.1. The number of rotatable bonds is 8. The third-order valence-electron chi connectivity index (χ3n) is 4.15. The number of thiazole rings is 1. The highest BCUT2D eigenvalue weighted by Gasteiger charge is 2.19. The standard InChI is InChI=1S/C21H21ClN2O3S2/c1-3-27-20(26)11-16(14-6-4-13(2)5-7-14)23-19(25)12-28-21-24-17-10-15(22)8-9-18(17)29-21/h4-10,16H,3,11-12H2,1-2H3,(H,23,25). The van der Waals surface area contributed by atoms with E-state index in [1.165, 1.54) is 23.1 Å². The smallest absolute Gasteiger partial charge is 0.308 e. The normalized spacial score (nSPS) is 12.0. The van der Waals surface area contributed by atoms with Crippen LogP contribution in [0.25, 0.3) is 10.2 Å². The molecule has 29 heavy (non-hydrogen) atoms. The molecule has 5 nitrogen and oxygen atoms in total. The number of halogens is 1. The second-order valence-electron chi connectivity index (χ2n) is 6.42. The number of esters is 1. The van der Waals surface area contributed by atoms with Gasteiger partial charge in [-0.25, -0.2) is 4.98 Å². The third kappa shape index (κ3) is 6.19. The molecule has 8 heteroatoms. The Morgan fingerprint density at radius 2 is 2.00 bits per heavy atom. The molecule has 0 spiro atoms. The Morgan fingerprint density at radius 3 is 2.72 bits per heavy atom. The summed E-state index contributed by atoms with van der Waals surface area (Å²) in [5.74, 6) is -0.296. The summed E-state index contributed by atoms with van der Waals surface area (Å²) < 4.78 is 6.88. The van der Waals surface area contributed by atoms with Crippen molar-refractivity contribution in [1.82, 2.24) is 10.3 Å². The van der Waals surface area contributed by atoms with Crippen LogP contribution >= 0.6 is 34.7 Å². The molecule has 1 heterocycles. The van der Waals surface area contributed by atoms with E-state index < -0.39 is 6.04 Å². The first-order valence-electron chi connectivity index (χ1n) is 9.15. The number of carbonyl (C=O) groups excluding carboxylic acids is 2. The van der Waals surface area contributed by atoms with E-state index >= 15 is 0 Å². The lowest BCUT2D eigenvalue weighted by atomic mass is 10.0. The maximum Gasteiger partial charge on any atom is 0.308 e. The Morgan fingerprint density at radius 1 is 1.24 bits per heavy atom. The van der Waals surface area contributed by atoms with Crippen LogP contribution in [0.15, 0.2) is 46.8 Å². The molecule has 0 aliphatic carbocycles. The SMILES string of the molecule is CCOC(=O)CC(NC(=O)CSc1nc2cc(Cl)ccc2s1)c1ccc(C)cc1. The molecule has 0 radical (unpaired) electrons. The molecule has 3 aromatic rings. The lowest BCUT2D eigenvalue weighted by Crippen LogP contribution is -2.31. The van der Waals surface area contributed by atoms with Crippen molar-refractivity contribution in [1.29, 1.82) is 0 Å². The number of thioether (sulfide) groups is 1. The van der Waals surface area contributed by atoms with E-state index in [0.717, 1.165) is 25.7 Å². The maximum absolute atomic E-state index is 12.5. The minimum absolute atomic E-state index is 0.0902. The molecule has 152 valence electrons. The van der Waals surface area contributed by atoms with Crippen LogP contribution in [0.3, 0.4) is 0 Å². The van der Waals surface area contributed by atoms with Crippen molar-refractivity contribution in [3.8, 4) is 0 Å². The van der Waals surface area contributed by atoms with E-state index in [1.54, 1.807) is 6.92 Å². The number of hydrogen-bond donors (Lipinski definition) is 1. The van der Waals surface area contributed by atoms with Crippen molar-refractivity contribution in [2.24, 2.45) is 0 Å². The van der Waals surface area contributed by atoms with Crippen LogP contribution < -0.4 is 5.32 Å². The number of carbonyl (C=O) groups is 2. The molecule has 2 aromatic carbocycles. The van der Waals surface area contributed by atoms with Gasteiger partial charge >= 0.3 is 5.97 Å². The zero-order chi connectivity index (χ0) is 20.8. The van der Waals surface area contributed by atoms with Crippen LogP contribution in [0, 0.1) is 6.92 Å². The van der Waals surface area contributed by atoms with Gasteiger partial charge in [-0.1, -0.05) is 53.2 Å². The number of aryl methyl sites for hydroxylation is 1. The number of aromatic nitrogens is 1. The van der Waals surface area contributed by atoms with Gasteiger partial charge < -0.3 is 10.1 Å². The van der Waals surface area contributed by atoms with Crippen LogP contribution in [0.4, 0.5) is 0 Å². The Kier molecular flexibility index (Phi) is 7.52. The van der Waals surface area contributed by atoms with Crippen molar-refractivity contribution in [2.75, 3.05) is 12.4 Å². The molecular formula is C21H21ClN2O3S2. The molecular weight excluding hydrogens is 428 g/mol. The van der Waals surface area contributed by atoms with Gasteiger partial charge in [0.15, 0.2) is 4.34 Å². The number of ether oxygens (including phenoxy) is 1. The first-order valence-corrected chi connectivity index (χ1v) is 11.3. The van der Waals surface area contributed by atoms with Gasteiger partial charge in [-0.05, 0) is 37.6 Å². The molecule has 3 rings (SSSR count). The van der Waals surface area contributed by atoms with Gasteiger partial charge in [0.1, 0.15) is 0 Å². The number of benzene rings is 2. The number of fused-ring (bicyclic) bond motifs is 1. The van der Waals surface area contributed by atoms with Crippen molar-refractivity contribution >= 4 is 56.8 Å². The van der Waals surface area contributed by atoms with Crippen molar-refractivity contribution in [3.63, 3.8) is 0 Å². The topological polar surface area (TPSA) is 68.3 Å². The van der Waals surface area contributed by atoms with Crippen molar-refractivity contribution in [2.45, 2.75) is 30.6 Å². The minimum Gasteiger partial charge on any atom is -0.466 e. The van der Waals surface area contributed by atoms with Gasteiger partial charge in [0.2, 0.25) is 5.91 Å². The molecule has 1 unspecified atom stereocenters. The number of hydrogen-bond acceptors (Lipinski definition) is 6. The van der Waals surface area contributed by atoms with Crippen molar-refractivity contribution in [3.05, 3.63) is 58.6 Å². The molecule has 0 fully saturated rings. The highest BCUT2D eigenvalue weighted by atomic mass is 35.5. The van der Waals surface area contributed by atoms with Crippen LogP contribution in [-0.4, -0.2) is 29.2 Å². The molecule has 0 bridgehead atoms. The van der Waals surface area contributed by atoms with E-state index in [2.05, 4.69) is 10.3 Å². The third-order valence-corrected chi connectivity index (χ3v) is 6.56. The zero-order valence-corrected chi connectivity index (χ0v) is 18.5. The Balaban J connectivity index is 1.64. The van der Waals surface area contributed by atoms with Gasteiger partial charge in [0, 0.05) is 5.02 Å².